The van der Waals surface area contributed by atoms with Gasteiger partial charge in [-0.15, -0.1) is 0 Å². The normalized spacial score (nSPS) is 26.9. The molecule has 1 unspecified atom stereocenters. The van der Waals surface area contributed by atoms with Crippen LogP contribution in [0, 0.1) is 5.92 Å². The molecule has 0 radical (unpaired) electrons. The van der Waals surface area contributed by atoms with Crippen LogP contribution in [0.3, 0.4) is 0 Å². The Morgan fingerprint density at radius 2 is 1.90 bits per heavy atom. The van der Waals surface area contributed by atoms with E-state index in [2.05, 4.69) is 56.1 Å². The van der Waals surface area contributed by atoms with Crippen LogP contribution in [0.1, 0.15) is 64.4 Å². The van der Waals surface area contributed by atoms with Crippen LogP contribution in [0.2, 0.25) is 0 Å². The average molecular weight is 273 g/mol. The molecule has 2 rings (SSSR count). The van der Waals surface area contributed by atoms with E-state index in [1.807, 2.05) is 0 Å². The van der Waals surface area contributed by atoms with Crippen molar-refractivity contribution in [1.82, 2.24) is 4.90 Å². The Morgan fingerprint density at radius 3 is 2.55 bits per heavy atom. The summed E-state index contributed by atoms with van der Waals surface area (Å²) in [5.74, 6) is 0.755. The topological polar surface area (TPSA) is 3.24 Å². The lowest BCUT2D eigenvalue weighted by atomic mass is 9.68. The molecule has 20 heavy (non-hydrogen) atoms. The first kappa shape index (κ1) is 15.6. The lowest BCUT2D eigenvalue weighted by Gasteiger charge is -2.50. The first-order chi connectivity index (χ1) is 9.71. The molecule has 0 heterocycles. The summed E-state index contributed by atoms with van der Waals surface area (Å²) in [5.41, 5.74) is 1.80. The molecule has 1 aliphatic rings. The summed E-state index contributed by atoms with van der Waals surface area (Å²) >= 11 is 0. The highest BCUT2D eigenvalue weighted by Gasteiger charge is 2.42. The number of rotatable bonds is 6. The third kappa shape index (κ3) is 3.09. The van der Waals surface area contributed by atoms with Crippen LogP contribution < -0.4 is 0 Å². The Bertz CT molecular complexity index is 386. The SMILES string of the molecule is CCCCCN(C)[C@]1(c2ccccc2)CCCCC1C. The molecule has 0 aliphatic heterocycles. The largest absolute Gasteiger partial charge is 0.296 e. The molecule has 1 fully saturated rings. The second-order valence-electron chi connectivity index (χ2n) is 6.57. The zero-order chi connectivity index (χ0) is 14.4. The summed E-state index contributed by atoms with van der Waals surface area (Å²) in [6.45, 7) is 5.98. The van der Waals surface area contributed by atoms with Gasteiger partial charge in [-0.25, -0.2) is 0 Å². The van der Waals surface area contributed by atoms with Gasteiger partial charge < -0.3 is 0 Å². The molecular formula is C19H31N. The smallest absolute Gasteiger partial charge is 0.0483 e. The average Bonchev–Trinajstić information content (AvgIpc) is 2.49. The molecule has 1 heteroatoms. The fourth-order valence-corrected chi connectivity index (χ4v) is 4.07. The molecule has 0 spiro atoms. The Morgan fingerprint density at radius 1 is 1.15 bits per heavy atom. The Hall–Kier alpha value is -0.820. The van der Waals surface area contributed by atoms with Gasteiger partial charge >= 0.3 is 0 Å². The van der Waals surface area contributed by atoms with Gasteiger partial charge in [0.05, 0.1) is 0 Å². The van der Waals surface area contributed by atoms with Gasteiger partial charge in [-0.3, -0.25) is 4.90 Å². The fraction of sp³-hybridized carbons (Fsp3) is 0.684. The lowest BCUT2D eigenvalue weighted by molar-refractivity contribution is 0.0211. The monoisotopic (exact) mass is 273 g/mol. The van der Waals surface area contributed by atoms with Gasteiger partial charge in [0.25, 0.3) is 0 Å². The standard InChI is InChI=1S/C19H31N/c1-4-5-11-16-20(3)19(15-10-9-12-17(19)2)18-13-7-6-8-14-18/h6-8,13-14,17H,4-5,9-12,15-16H2,1-3H3/t17?,19-/m1/s1. The maximum atomic E-state index is 2.67. The molecule has 112 valence electrons. The molecule has 0 N–H and O–H groups in total. The van der Waals surface area contributed by atoms with E-state index in [1.54, 1.807) is 0 Å². The van der Waals surface area contributed by atoms with Gasteiger partial charge in [0.15, 0.2) is 0 Å². The minimum Gasteiger partial charge on any atom is -0.296 e. The molecule has 1 aromatic rings. The summed E-state index contributed by atoms with van der Waals surface area (Å²) in [6.07, 6.45) is 9.45. The lowest BCUT2D eigenvalue weighted by Crippen LogP contribution is -2.50. The second-order valence-corrected chi connectivity index (χ2v) is 6.57. The van der Waals surface area contributed by atoms with Crippen LogP contribution in [0.25, 0.3) is 0 Å². The molecule has 1 saturated carbocycles. The Balaban J connectivity index is 2.24. The predicted octanol–water partition coefficient (Wildman–Crippen LogP) is 5.21. The highest BCUT2D eigenvalue weighted by atomic mass is 15.2. The van der Waals surface area contributed by atoms with Crippen molar-refractivity contribution >= 4 is 0 Å². The quantitative estimate of drug-likeness (QED) is 0.643. The highest BCUT2D eigenvalue weighted by Crippen LogP contribution is 2.45. The summed E-state index contributed by atoms with van der Waals surface area (Å²) in [7, 11) is 2.35. The predicted molar refractivity (Wildman–Crippen MR) is 87.9 cm³/mol. The van der Waals surface area contributed by atoms with Gasteiger partial charge in [-0.2, -0.15) is 0 Å². The van der Waals surface area contributed by atoms with Gasteiger partial charge in [0.2, 0.25) is 0 Å². The molecule has 0 bridgehead atoms. The molecular weight excluding hydrogens is 242 g/mol. The van der Waals surface area contributed by atoms with Crippen LogP contribution in [0.5, 0.6) is 0 Å². The number of unbranched alkanes of at least 4 members (excludes halogenated alkanes) is 2. The van der Waals surface area contributed by atoms with E-state index in [9.17, 15) is 0 Å². The van der Waals surface area contributed by atoms with Gasteiger partial charge in [-0.1, -0.05) is 69.9 Å². The van der Waals surface area contributed by atoms with Crippen molar-refractivity contribution in [3.8, 4) is 0 Å². The minimum absolute atomic E-state index is 0.271. The van der Waals surface area contributed by atoms with Gasteiger partial charge in [0, 0.05) is 5.54 Å². The zero-order valence-electron chi connectivity index (χ0n) is 13.6. The Kier molecular flexibility index (Phi) is 5.65. The summed E-state index contributed by atoms with van der Waals surface area (Å²) in [4.78, 5) is 2.67. The zero-order valence-corrected chi connectivity index (χ0v) is 13.6. The number of nitrogens with zero attached hydrogens (tertiary/aromatic N) is 1. The number of hydrogen-bond donors (Lipinski definition) is 0. The summed E-state index contributed by atoms with van der Waals surface area (Å²) in [6, 6.07) is 11.2. The van der Waals surface area contributed by atoms with Crippen molar-refractivity contribution < 1.29 is 0 Å². The maximum Gasteiger partial charge on any atom is 0.0483 e. The molecule has 2 atom stereocenters. The van der Waals surface area contributed by atoms with Crippen molar-refractivity contribution in [2.75, 3.05) is 13.6 Å². The second kappa shape index (κ2) is 7.26. The van der Waals surface area contributed by atoms with Crippen LogP contribution in [0.4, 0.5) is 0 Å². The minimum atomic E-state index is 0.271. The summed E-state index contributed by atoms with van der Waals surface area (Å²) < 4.78 is 0. The molecule has 1 aliphatic carbocycles. The van der Waals surface area contributed by atoms with Crippen molar-refractivity contribution in [3.63, 3.8) is 0 Å². The number of hydrogen-bond acceptors (Lipinski definition) is 1. The van der Waals surface area contributed by atoms with E-state index in [0.29, 0.717) is 0 Å². The van der Waals surface area contributed by atoms with Crippen molar-refractivity contribution in [1.29, 1.82) is 0 Å². The Labute approximate surface area is 125 Å². The fourth-order valence-electron chi connectivity index (χ4n) is 4.07. The maximum absolute atomic E-state index is 2.67. The van der Waals surface area contributed by atoms with E-state index in [0.717, 1.165) is 5.92 Å². The van der Waals surface area contributed by atoms with Gasteiger partial charge in [0.1, 0.15) is 0 Å². The van der Waals surface area contributed by atoms with E-state index in [4.69, 9.17) is 0 Å². The van der Waals surface area contributed by atoms with Crippen molar-refractivity contribution in [2.24, 2.45) is 5.92 Å². The number of benzene rings is 1. The van der Waals surface area contributed by atoms with Crippen LogP contribution in [-0.4, -0.2) is 18.5 Å². The van der Waals surface area contributed by atoms with Crippen molar-refractivity contribution in [2.45, 2.75) is 64.3 Å². The molecule has 0 amide bonds. The third-order valence-corrected chi connectivity index (χ3v) is 5.31. The van der Waals surface area contributed by atoms with Crippen LogP contribution in [0.15, 0.2) is 30.3 Å². The van der Waals surface area contributed by atoms with Crippen LogP contribution >= 0.6 is 0 Å². The first-order valence-corrected chi connectivity index (χ1v) is 8.48. The molecule has 1 nitrogen and oxygen atoms in total. The molecule has 0 saturated heterocycles. The van der Waals surface area contributed by atoms with Gasteiger partial charge in [-0.05, 0) is 44.3 Å². The van der Waals surface area contributed by atoms with E-state index in [-0.39, 0.29) is 5.54 Å². The van der Waals surface area contributed by atoms with E-state index < -0.39 is 0 Å². The van der Waals surface area contributed by atoms with E-state index in [1.165, 1.54) is 57.1 Å². The third-order valence-electron chi connectivity index (χ3n) is 5.31. The first-order valence-electron chi connectivity index (χ1n) is 8.48. The van der Waals surface area contributed by atoms with Crippen molar-refractivity contribution in [3.05, 3.63) is 35.9 Å². The summed E-state index contributed by atoms with van der Waals surface area (Å²) in [5, 5.41) is 0. The van der Waals surface area contributed by atoms with E-state index >= 15 is 0 Å². The molecule has 1 aromatic carbocycles. The highest BCUT2D eigenvalue weighted by molar-refractivity contribution is 5.26. The molecule has 0 aromatic heterocycles. The van der Waals surface area contributed by atoms with Crippen LogP contribution in [-0.2, 0) is 5.54 Å².